The van der Waals surface area contributed by atoms with Gasteiger partial charge in [-0.05, 0) is 111 Å². The summed E-state index contributed by atoms with van der Waals surface area (Å²) in [4.78, 5) is 71.8. The van der Waals surface area contributed by atoms with Gasteiger partial charge in [0.2, 0.25) is 11.8 Å². The minimum atomic E-state index is -4.61. The number of hydrogen-bond donors (Lipinski definition) is 3. The van der Waals surface area contributed by atoms with Gasteiger partial charge in [0, 0.05) is 99.2 Å². The van der Waals surface area contributed by atoms with Crippen LogP contribution in [0.1, 0.15) is 96.1 Å². The van der Waals surface area contributed by atoms with Gasteiger partial charge in [0.25, 0.3) is 5.91 Å². The summed E-state index contributed by atoms with van der Waals surface area (Å²) in [5.74, 6) is -0.471. The molecule has 1 saturated carbocycles. The number of likely N-dealkylation sites (tertiary alicyclic amines) is 2. The number of halogens is 3. The lowest BCUT2D eigenvalue weighted by atomic mass is 9.84. The van der Waals surface area contributed by atoms with E-state index in [1.165, 1.54) is 22.4 Å². The fourth-order valence-electron chi connectivity index (χ4n) is 14.4. The van der Waals surface area contributed by atoms with Crippen LogP contribution in [-0.4, -0.2) is 181 Å². The molecule has 2 aromatic heterocycles. The second-order valence-electron chi connectivity index (χ2n) is 26.1. The molecule has 1 aliphatic carbocycles. The monoisotopic (exact) mass is 1130 g/mol. The molecule has 0 radical (unpaired) electrons. The number of hydrogen-bond acceptors (Lipinski definition) is 13. The lowest BCUT2D eigenvalue weighted by molar-refractivity contribution is -0.155. The number of piperazine rings is 1. The van der Waals surface area contributed by atoms with Crippen molar-refractivity contribution >= 4 is 40.3 Å². The second kappa shape index (κ2) is 22.4. The first kappa shape index (κ1) is 56.8. The molecule has 17 nitrogen and oxygen atoms in total. The number of morpholine rings is 1. The zero-order valence-corrected chi connectivity index (χ0v) is 48.4. The van der Waals surface area contributed by atoms with Crippen molar-refractivity contribution in [3.05, 3.63) is 71.5 Å². The number of ether oxygens (including phenoxy) is 3. The number of anilines is 1. The molecule has 6 bridgehead atoms. The molecule has 9 heterocycles. The molecule has 7 fully saturated rings. The van der Waals surface area contributed by atoms with E-state index in [9.17, 15) is 14.4 Å². The Morgan fingerprint density at radius 1 is 0.951 bits per heavy atom. The molecular weight excluding hydrogens is 1050 g/mol. The molecule has 7 aliphatic heterocycles. The Kier molecular flexibility index (Phi) is 15.5. The van der Waals surface area contributed by atoms with Crippen LogP contribution in [0.4, 0.5) is 18.9 Å². The van der Waals surface area contributed by atoms with Gasteiger partial charge >= 0.3 is 12.1 Å². The number of pyridine rings is 1. The van der Waals surface area contributed by atoms with Crippen LogP contribution in [0.2, 0.25) is 0 Å². The normalized spacial score (nSPS) is 28.1. The average Bonchev–Trinajstić information content (AvgIpc) is 4.56. The van der Waals surface area contributed by atoms with Crippen molar-refractivity contribution in [1.82, 2.24) is 45.3 Å². The van der Waals surface area contributed by atoms with E-state index in [1.54, 1.807) is 19.4 Å². The van der Waals surface area contributed by atoms with Gasteiger partial charge in [-0.2, -0.15) is 13.2 Å². The van der Waals surface area contributed by atoms with Crippen molar-refractivity contribution < 1.29 is 46.6 Å². The molecule has 12 rings (SSSR count). The van der Waals surface area contributed by atoms with Gasteiger partial charge in [0.1, 0.15) is 24.7 Å². The van der Waals surface area contributed by atoms with Gasteiger partial charge in [-0.3, -0.25) is 44.3 Å². The number of benzene rings is 2. The largest absolute Gasteiger partial charge is 0.464 e. The topological polar surface area (TPSA) is 176 Å². The molecule has 0 unspecified atom stereocenters. The van der Waals surface area contributed by atoms with E-state index in [2.05, 4.69) is 30.8 Å². The van der Waals surface area contributed by atoms with Crippen molar-refractivity contribution in [1.29, 1.82) is 0 Å². The van der Waals surface area contributed by atoms with Crippen LogP contribution in [0.15, 0.2) is 54.7 Å². The molecule has 8 atom stereocenters. The third-order valence-electron chi connectivity index (χ3n) is 19.0. The van der Waals surface area contributed by atoms with Gasteiger partial charge in [-0.25, -0.2) is 5.43 Å². The number of rotatable bonds is 11. The molecule has 442 valence electrons. The van der Waals surface area contributed by atoms with Crippen LogP contribution in [-0.2, 0) is 52.8 Å². The predicted molar refractivity (Wildman–Crippen MR) is 304 cm³/mol. The Balaban J connectivity index is 0.897. The van der Waals surface area contributed by atoms with Crippen molar-refractivity contribution in [3.63, 3.8) is 0 Å². The Labute approximate surface area is 478 Å². The first-order valence-electron chi connectivity index (χ1n) is 30.0. The maximum Gasteiger partial charge on any atom is 0.406 e. The van der Waals surface area contributed by atoms with Crippen molar-refractivity contribution in [2.75, 3.05) is 90.7 Å². The van der Waals surface area contributed by atoms with Crippen LogP contribution >= 0.6 is 0 Å². The van der Waals surface area contributed by atoms with Gasteiger partial charge in [-0.15, -0.1) is 0 Å². The predicted octanol–water partition coefficient (Wildman–Crippen LogP) is 6.51. The highest BCUT2D eigenvalue weighted by Gasteiger charge is 2.55. The van der Waals surface area contributed by atoms with Gasteiger partial charge in [0.15, 0.2) is 0 Å². The zero-order valence-electron chi connectivity index (χ0n) is 48.4. The van der Waals surface area contributed by atoms with Crippen molar-refractivity contribution in [2.24, 2.45) is 22.7 Å². The third kappa shape index (κ3) is 11.6. The number of alkyl halides is 3. The summed E-state index contributed by atoms with van der Waals surface area (Å²) in [6.07, 6.45) is 1.98. The van der Waals surface area contributed by atoms with Crippen LogP contribution < -0.4 is 21.0 Å². The maximum atomic E-state index is 15.3. The molecular formula is C62H81F3N10O7. The number of cyclic esters (lactones) is 1. The van der Waals surface area contributed by atoms with E-state index in [0.29, 0.717) is 117 Å². The summed E-state index contributed by atoms with van der Waals surface area (Å²) in [6.45, 7) is 15.9. The molecule has 3 amide bonds. The molecule has 3 N–H and O–H groups in total. The number of carbonyl (C=O) groups excluding carboxylic acids is 4. The standard InChI is InChI=1S/C62H81F3N10O7/c1-37(2)54(72-19-16-61(33-72)17-20-73(34-61)58(78)53-52(68-53)40-12-13-40)56(76)67-49-26-39-9-7-10-41(25-39)42-14-15-50-45(27-42)47(29-60(4,5)36-82-59(79)48-11-8-18-75(69-48)57(49)77)55(74(50)35-62(63,64)65)46-28-43(30-66-51(46)38(3)80-6)71-22-21-70-23-24-81-32-44(70)31-71/h7,9-10,14-15,25,27-28,30,37-38,40,44,48-49,52-54,68-69H,8,11-13,16-24,26,29,31-36H2,1-6H3,(H,67,76)/t38-,44-,48-,49-,52+,53+,54-,61-/m0/s1. The summed E-state index contributed by atoms with van der Waals surface area (Å²) in [6, 6.07) is 13.3. The fourth-order valence-corrected chi connectivity index (χ4v) is 14.4. The van der Waals surface area contributed by atoms with Crippen LogP contribution in [0, 0.1) is 22.7 Å². The fraction of sp³-hybridized carbons (Fsp3) is 0.629. The number of nitrogens with zero attached hydrogens (tertiary/aromatic N) is 7. The molecule has 4 aromatic rings. The SMILES string of the molecule is CO[C@@H](C)c1ncc(N2CCN3CCOC[C@@H]3C2)cc1-c1c2c3cc(ccc3n1CC(F)(F)F)-c1cccc(c1)C[C@H](NC(=O)[C@H](C(C)C)N1CC[C@]3(CCN(C(=O)[C@@H]4N[C@@H]4C4CC4)C3)C1)C(=O)N1CCC[C@H](N1)C(=O)OCC(C)(C)C2. The minimum absolute atomic E-state index is 0.0710. The number of aromatic nitrogens is 2. The Morgan fingerprint density at radius 3 is 2.54 bits per heavy atom. The number of carbonyl (C=O) groups is 4. The highest BCUT2D eigenvalue weighted by Crippen LogP contribution is 2.46. The minimum Gasteiger partial charge on any atom is -0.464 e. The number of fused-ring (bicyclic) bond motifs is 7. The molecule has 1 spiro atoms. The lowest BCUT2D eigenvalue weighted by Crippen LogP contribution is -2.62. The summed E-state index contributed by atoms with van der Waals surface area (Å²) in [5, 5.41) is 8.73. The summed E-state index contributed by atoms with van der Waals surface area (Å²) < 4.78 is 65.1. The second-order valence-corrected chi connectivity index (χ2v) is 26.1. The number of amides is 3. The van der Waals surface area contributed by atoms with Crippen LogP contribution in [0.3, 0.4) is 0 Å². The van der Waals surface area contributed by atoms with Gasteiger partial charge in [0.05, 0.1) is 61.3 Å². The van der Waals surface area contributed by atoms with E-state index in [4.69, 9.17) is 19.2 Å². The highest BCUT2D eigenvalue weighted by atomic mass is 19.4. The number of esters is 1. The first-order valence-corrected chi connectivity index (χ1v) is 30.0. The van der Waals surface area contributed by atoms with Gasteiger partial charge < -0.3 is 33.9 Å². The smallest absolute Gasteiger partial charge is 0.406 e. The van der Waals surface area contributed by atoms with E-state index in [-0.39, 0.29) is 60.6 Å². The summed E-state index contributed by atoms with van der Waals surface area (Å²) in [7, 11) is 1.57. The Bertz CT molecular complexity index is 3090. The summed E-state index contributed by atoms with van der Waals surface area (Å²) >= 11 is 0. The third-order valence-corrected chi connectivity index (χ3v) is 19.0. The van der Waals surface area contributed by atoms with Gasteiger partial charge in [-0.1, -0.05) is 58.0 Å². The first-order chi connectivity index (χ1) is 39.2. The summed E-state index contributed by atoms with van der Waals surface area (Å²) in [5.41, 5.74) is 7.79. The molecule has 2 aromatic carbocycles. The van der Waals surface area contributed by atoms with Crippen LogP contribution in [0.25, 0.3) is 33.3 Å². The number of methoxy groups -OCH3 is 1. The molecule has 20 heteroatoms. The van der Waals surface area contributed by atoms with Crippen molar-refractivity contribution in [2.45, 2.75) is 141 Å². The highest BCUT2D eigenvalue weighted by molar-refractivity contribution is 5.96. The quantitative estimate of drug-likeness (QED) is 0.110. The number of nitrogens with one attached hydrogen (secondary N) is 3. The Morgan fingerprint density at radius 2 is 1.76 bits per heavy atom. The molecule has 6 saturated heterocycles. The van der Waals surface area contributed by atoms with E-state index in [1.807, 2.05) is 82.0 Å². The zero-order chi connectivity index (χ0) is 57.4. The van der Waals surface area contributed by atoms with Crippen LogP contribution in [0.5, 0.6) is 0 Å². The van der Waals surface area contributed by atoms with E-state index < -0.39 is 48.3 Å². The molecule has 8 aliphatic rings. The van der Waals surface area contributed by atoms with E-state index >= 15 is 18.0 Å². The maximum absolute atomic E-state index is 15.3. The lowest BCUT2D eigenvalue weighted by Gasteiger charge is -2.44. The molecule has 82 heavy (non-hydrogen) atoms. The van der Waals surface area contributed by atoms with Crippen molar-refractivity contribution in [3.8, 4) is 22.4 Å². The Hall–Kier alpha value is -5.64. The number of hydrazine groups is 1. The average molecular weight is 1140 g/mol. The van der Waals surface area contributed by atoms with E-state index in [0.717, 1.165) is 48.3 Å².